The van der Waals surface area contributed by atoms with Gasteiger partial charge in [-0.15, -0.1) is 0 Å². The van der Waals surface area contributed by atoms with E-state index >= 15 is 0 Å². The van der Waals surface area contributed by atoms with Crippen molar-refractivity contribution >= 4 is 23.3 Å². The number of para-hydroxylation sites is 1. The molecule has 0 saturated heterocycles. The number of benzene rings is 1. The van der Waals surface area contributed by atoms with Gasteiger partial charge in [0.15, 0.2) is 11.3 Å². The van der Waals surface area contributed by atoms with E-state index in [0.29, 0.717) is 5.52 Å². The first-order valence-electron chi connectivity index (χ1n) is 3.73. The molecule has 74 valence electrons. The first-order chi connectivity index (χ1) is 6.66. The Morgan fingerprint density at radius 2 is 2.21 bits per heavy atom. The highest BCUT2D eigenvalue weighted by Gasteiger charge is 2.10. The lowest BCUT2D eigenvalue weighted by Gasteiger charge is -2.02. The van der Waals surface area contributed by atoms with Crippen molar-refractivity contribution in [2.45, 2.75) is 6.61 Å². The number of fused-ring (bicyclic) bond motifs is 1. The molecule has 1 N–H and O–H groups in total. The smallest absolute Gasteiger partial charge is 0.387 e. The SMILES string of the molecule is FC(F)Oc1cccc2[nH]c(=S)oc12. The normalized spacial score (nSPS) is 11.1. The molecule has 0 amide bonds. The lowest BCUT2D eigenvalue weighted by molar-refractivity contribution is -0.0493. The maximum atomic E-state index is 12.0. The Bertz CT molecular complexity index is 505. The highest BCUT2D eigenvalue weighted by Crippen LogP contribution is 2.26. The number of nitrogens with one attached hydrogen (secondary N) is 1. The van der Waals surface area contributed by atoms with Gasteiger partial charge in [0.05, 0.1) is 5.52 Å². The molecule has 2 rings (SSSR count). The molecule has 0 radical (unpaired) electrons. The largest absolute Gasteiger partial charge is 0.431 e. The number of hydrogen-bond acceptors (Lipinski definition) is 3. The number of aromatic amines is 1. The van der Waals surface area contributed by atoms with Crippen LogP contribution in [0.2, 0.25) is 0 Å². The molecule has 1 heterocycles. The van der Waals surface area contributed by atoms with Crippen molar-refractivity contribution in [2.24, 2.45) is 0 Å². The van der Waals surface area contributed by atoms with E-state index in [0.717, 1.165) is 0 Å². The topological polar surface area (TPSA) is 38.2 Å². The number of aromatic nitrogens is 1. The zero-order chi connectivity index (χ0) is 10.1. The van der Waals surface area contributed by atoms with Gasteiger partial charge in [0.1, 0.15) is 0 Å². The first kappa shape index (κ1) is 9.14. The maximum absolute atomic E-state index is 12.0. The molecule has 0 unspecified atom stereocenters. The van der Waals surface area contributed by atoms with Crippen LogP contribution in [0, 0.1) is 4.84 Å². The molecule has 2 aromatic rings. The maximum Gasteiger partial charge on any atom is 0.387 e. The fraction of sp³-hybridized carbons (Fsp3) is 0.125. The number of ether oxygens (including phenoxy) is 1. The van der Waals surface area contributed by atoms with Crippen molar-refractivity contribution in [3.05, 3.63) is 23.0 Å². The van der Waals surface area contributed by atoms with Gasteiger partial charge < -0.3 is 14.1 Å². The number of halogens is 2. The number of alkyl halides is 2. The summed E-state index contributed by atoms with van der Waals surface area (Å²) in [5.41, 5.74) is 0.742. The van der Waals surface area contributed by atoms with E-state index in [4.69, 9.17) is 16.6 Å². The summed E-state index contributed by atoms with van der Waals surface area (Å²) in [7, 11) is 0. The molecule has 0 saturated carbocycles. The van der Waals surface area contributed by atoms with Gasteiger partial charge in [-0.3, -0.25) is 0 Å². The fourth-order valence-corrected chi connectivity index (χ4v) is 1.33. The van der Waals surface area contributed by atoms with E-state index in [2.05, 4.69) is 9.72 Å². The number of hydrogen-bond donors (Lipinski definition) is 1. The highest BCUT2D eigenvalue weighted by molar-refractivity contribution is 7.71. The molecule has 0 spiro atoms. The van der Waals surface area contributed by atoms with E-state index in [1.165, 1.54) is 6.07 Å². The molecule has 1 aromatic carbocycles. The molecule has 0 aliphatic carbocycles. The molecule has 1 aromatic heterocycles. The highest BCUT2D eigenvalue weighted by atomic mass is 32.1. The monoisotopic (exact) mass is 217 g/mol. The summed E-state index contributed by atoms with van der Waals surface area (Å²) in [5.74, 6) is -0.0233. The van der Waals surface area contributed by atoms with Crippen molar-refractivity contribution in [3.8, 4) is 5.75 Å². The zero-order valence-electron chi connectivity index (χ0n) is 6.79. The average molecular weight is 217 g/mol. The molecule has 14 heavy (non-hydrogen) atoms. The van der Waals surface area contributed by atoms with E-state index in [1.807, 2.05) is 0 Å². The summed E-state index contributed by atoms with van der Waals surface area (Å²) >= 11 is 4.72. The number of oxazole rings is 1. The lowest BCUT2D eigenvalue weighted by atomic mass is 10.3. The molecular weight excluding hydrogens is 212 g/mol. The molecule has 6 heteroatoms. The fourth-order valence-electron chi connectivity index (χ4n) is 1.14. The Kier molecular flexibility index (Phi) is 2.20. The second kappa shape index (κ2) is 3.38. The minimum Gasteiger partial charge on any atom is -0.431 e. The first-order valence-corrected chi connectivity index (χ1v) is 4.14. The molecule has 0 fully saturated rings. The van der Waals surface area contributed by atoms with Crippen molar-refractivity contribution in [2.75, 3.05) is 0 Å². The summed E-state index contributed by atoms with van der Waals surface area (Å²) in [6.45, 7) is -2.88. The van der Waals surface area contributed by atoms with Crippen LogP contribution in [0.15, 0.2) is 22.6 Å². The molecular formula is C8H5F2NO2S. The van der Waals surface area contributed by atoms with Crippen LogP contribution in [0.1, 0.15) is 0 Å². The lowest BCUT2D eigenvalue weighted by Crippen LogP contribution is -2.01. The minimum absolute atomic E-state index is 0.0233. The Labute approximate surface area is 82.3 Å². The van der Waals surface area contributed by atoms with Gasteiger partial charge in [-0.1, -0.05) is 6.07 Å². The molecule has 0 bridgehead atoms. The van der Waals surface area contributed by atoms with Crippen molar-refractivity contribution in [1.29, 1.82) is 0 Å². The zero-order valence-corrected chi connectivity index (χ0v) is 7.61. The summed E-state index contributed by atoms with van der Waals surface area (Å²) in [5, 5.41) is 0. The van der Waals surface area contributed by atoms with Crippen molar-refractivity contribution in [3.63, 3.8) is 0 Å². The van der Waals surface area contributed by atoms with Gasteiger partial charge >= 0.3 is 6.61 Å². The summed E-state index contributed by atoms with van der Waals surface area (Å²) < 4.78 is 33.2. The van der Waals surface area contributed by atoms with Crippen LogP contribution in [0.3, 0.4) is 0 Å². The summed E-state index contributed by atoms with van der Waals surface area (Å²) in [6.07, 6.45) is 0. The predicted octanol–water partition coefficient (Wildman–Crippen LogP) is 3.09. The number of rotatable bonds is 2. The van der Waals surface area contributed by atoms with Gasteiger partial charge in [-0.05, 0) is 24.4 Å². The number of H-pyrrole nitrogens is 1. The van der Waals surface area contributed by atoms with Crippen molar-refractivity contribution in [1.82, 2.24) is 4.98 Å². The van der Waals surface area contributed by atoms with Crippen LogP contribution in [-0.2, 0) is 0 Å². The molecule has 0 atom stereocenters. The Balaban J connectivity index is 2.58. The van der Waals surface area contributed by atoms with Gasteiger partial charge in [0.25, 0.3) is 4.84 Å². The minimum atomic E-state index is -2.88. The second-order valence-electron chi connectivity index (χ2n) is 2.53. The van der Waals surface area contributed by atoms with Gasteiger partial charge in [0.2, 0.25) is 0 Å². The third-order valence-corrected chi connectivity index (χ3v) is 1.81. The molecule has 0 aliphatic rings. The van der Waals surface area contributed by atoms with Crippen LogP contribution in [0.4, 0.5) is 8.78 Å². The van der Waals surface area contributed by atoms with E-state index in [1.54, 1.807) is 12.1 Å². The standard InChI is InChI=1S/C8H5F2NO2S/c9-7(10)12-5-3-1-2-4-6(5)13-8(14)11-4/h1-3,7H,(H,11,14). The van der Waals surface area contributed by atoms with Crippen LogP contribution < -0.4 is 4.74 Å². The summed E-state index contributed by atoms with van der Waals surface area (Å²) in [4.78, 5) is 2.83. The third kappa shape index (κ3) is 1.60. The van der Waals surface area contributed by atoms with Crippen LogP contribution in [0.25, 0.3) is 11.1 Å². The van der Waals surface area contributed by atoms with Gasteiger partial charge in [-0.2, -0.15) is 8.78 Å². The van der Waals surface area contributed by atoms with Crippen LogP contribution >= 0.6 is 12.2 Å². The molecule has 0 aliphatic heterocycles. The predicted molar refractivity (Wildman–Crippen MR) is 48.0 cm³/mol. The van der Waals surface area contributed by atoms with E-state index in [9.17, 15) is 8.78 Å². The van der Waals surface area contributed by atoms with E-state index in [-0.39, 0.29) is 16.2 Å². The summed E-state index contributed by atoms with van der Waals surface area (Å²) in [6, 6.07) is 4.62. The third-order valence-electron chi connectivity index (χ3n) is 1.63. The average Bonchev–Trinajstić information content (AvgIpc) is 2.45. The van der Waals surface area contributed by atoms with Gasteiger partial charge in [0, 0.05) is 0 Å². The Hall–Kier alpha value is -1.43. The van der Waals surface area contributed by atoms with Crippen LogP contribution in [0.5, 0.6) is 5.75 Å². The Morgan fingerprint density at radius 3 is 2.93 bits per heavy atom. The van der Waals surface area contributed by atoms with Crippen LogP contribution in [-0.4, -0.2) is 11.6 Å². The Morgan fingerprint density at radius 1 is 1.43 bits per heavy atom. The van der Waals surface area contributed by atoms with Crippen molar-refractivity contribution < 1.29 is 17.9 Å². The van der Waals surface area contributed by atoms with Gasteiger partial charge in [-0.25, -0.2) is 0 Å². The quantitative estimate of drug-likeness (QED) is 0.785. The second-order valence-corrected chi connectivity index (χ2v) is 2.90. The molecule has 3 nitrogen and oxygen atoms in total. The van der Waals surface area contributed by atoms with E-state index < -0.39 is 6.61 Å².